The molecule has 0 atom stereocenters. The van der Waals surface area contributed by atoms with Gasteiger partial charge in [0.15, 0.2) is 0 Å². The second-order valence-corrected chi connectivity index (χ2v) is 24.6. The van der Waals surface area contributed by atoms with Crippen molar-refractivity contribution in [3.63, 3.8) is 0 Å². The quantitative estimate of drug-likeness (QED) is 0.0772. The first-order chi connectivity index (χ1) is 38.2. The molecule has 2 aliphatic heterocycles. The molecular formula is C60H38N4O12S4. The van der Waals surface area contributed by atoms with Crippen molar-refractivity contribution in [2.24, 2.45) is 0 Å². The summed E-state index contributed by atoms with van der Waals surface area (Å²) in [7, 11) is -20.2. The van der Waals surface area contributed by atoms with Crippen LogP contribution in [-0.4, -0.2) is 71.8 Å². The van der Waals surface area contributed by atoms with E-state index in [9.17, 15) is 51.9 Å². The third kappa shape index (κ3) is 8.40. The summed E-state index contributed by atoms with van der Waals surface area (Å²) in [5.41, 5.74) is 1.43. The predicted octanol–water partition coefficient (Wildman–Crippen LogP) is 12.9. The van der Waals surface area contributed by atoms with Crippen LogP contribution in [-0.2, 0) is 40.5 Å². The van der Waals surface area contributed by atoms with Crippen LogP contribution in [0.25, 0.3) is 134 Å². The zero-order valence-electron chi connectivity index (χ0n) is 41.1. The SMILES string of the molecule is O=S(=O)(O)c1ccc2ccccc2c1-c1c2nc(c(-c3c(S(=O)(=O)O)ccc4ccccc34)c3ccc([nH]3)c(-c3c(S(=O)(=O)O)ccc4ccccc34)c3nc(c(-c4c(S(=O)(=O)O)ccc5ccccc45)c4ccc1[nH]4)C=C3)C=C2. The number of aromatic amines is 2. The smallest absolute Gasteiger partial charge is 0.295 e. The summed E-state index contributed by atoms with van der Waals surface area (Å²) in [6.45, 7) is 0. The Morgan fingerprint density at radius 1 is 0.263 bits per heavy atom. The summed E-state index contributed by atoms with van der Waals surface area (Å²) < 4.78 is 154. The largest absolute Gasteiger partial charge is 0.354 e. The van der Waals surface area contributed by atoms with Crippen molar-refractivity contribution in [3.05, 3.63) is 193 Å². The highest BCUT2D eigenvalue weighted by molar-refractivity contribution is 7.86. The van der Waals surface area contributed by atoms with E-state index in [4.69, 9.17) is 9.97 Å². The molecule has 8 aromatic carbocycles. The lowest BCUT2D eigenvalue weighted by atomic mass is 9.96. The van der Waals surface area contributed by atoms with Gasteiger partial charge >= 0.3 is 0 Å². The molecule has 80 heavy (non-hydrogen) atoms. The Kier molecular flexibility index (Phi) is 11.6. The molecule has 8 bridgehead atoms. The maximum atomic E-state index is 13.7. The predicted molar refractivity (Wildman–Crippen MR) is 310 cm³/mol. The Balaban J connectivity index is 1.33. The Morgan fingerprint density at radius 3 is 0.688 bits per heavy atom. The summed E-state index contributed by atoms with van der Waals surface area (Å²) in [6.07, 6.45) is 6.29. The number of nitrogens with zero attached hydrogens (tertiary/aromatic N) is 2. The zero-order valence-corrected chi connectivity index (χ0v) is 44.3. The lowest BCUT2D eigenvalue weighted by Crippen LogP contribution is -2.03. The highest BCUT2D eigenvalue weighted by atomic mass is 32.2. The summed E-state index contributed by atoms with van der Waals surface area (Å²) in [5.74, 6) is 0. The zero-order chi connectivity index (χ0) is 55.6. The molecule has 0 saturated carbocycles. The van der Waals surface area contributed by atoms with Gasteiger partial charge in [0.1, 0.15) is 19.6 Å². The first-order valence-electron chi connectivity index (χ1n) is 24.4. The van der Waals surface area contributed by atoms with Gasteiger partial charge in [-0.25, -0.2) is 9.97 Å². The average molecular weight is 1140 g/mol. The molecule has 0 unspecified atom stereocenters. The molecular weight excluding hydrogens is 1100 g/mol. The van der Waals surface area contributed by atoms with E-state index in [2.05, 4.69) is 9.97 Å². The van der Waals surface area contributed by atoms with Crippen LogP contribution in [0.1, 0.15) is 22.8 Å². The van der Waals surface area contributed by atoms with Crippen molar-refractivity contribution >= 4 is 130 Å². The van der Waals surface area contributed by atoms with E-state index < -0.39 is 60.1 Å². The molecule has 3 aromatic heterocycles. The number of H-pyrrole nitrogens is 2. The molecule has 0 spiro atoms. The lowest BCUT2D eigenvalue weighted by molar-refractivity contribution is 0.481. The first kappa shape index (κ1) is 50.5. The number of rotatable bonds is 8. The van der Waals surface area contributed by atoms with E-state index in [0.29, 0.717) is 43.1 Å². The summed E-state index contributed by atoms with van der Waals surface area (Å²) in [5, 5.41) is 3.73. The number of benzene rings is 8. The number of hydrogen-bond donors (Lipinski definition) is 6. The van der Waals surface area contributed by atoms with Gasteiger partial charge in [-0.05, 0) is 116 Å². The highest BCUT2D eigenvalue weighted by Gasteiger charge is 2.30. The van der Waals surface area contributed by atoms with Gasteiger partial charge in [0.2, 0.25) is 0 Å². The Labute approximate surface area is 455 Å². The van der Waals surface area contributed by atoms with Crippen LogP contribution in [0.3, 0.4) is 0 Å². The van der Waals surface area contributed by atoms with Crippen LogP contribution in [0.2, 0.25) is 0 Å². The fraction of sp³-hybridized carbons (Fsp3) is 0. The fourth-order valence-electron chi connectivity index (χ4n) is 11.2. The van der Waals surface area contributed by atoms with Crippen LogP contribution in [0.4, 0.5) is 0 Å². The van der Waals surface area contributed by atoms with Gasteiger partial charge in [-0.15, -0.1) is 0 Å². The van der Waals surface area contributed by atoms with Crippen molar-refractivity contribution in [1.82, 2.24) is 19.9 Å². The minimum absolute atomic E-state index is 0.000268. The Hall–Kier alpha value is -8.96. The van der Waals surface area contributed by atoms with Gasteiger partial charge in [-0.3, -0.25) is 18.2 Å². The molecule has 2 aliphatic rings. The van der Waals surface area contributed by atoms with Gasteiger partial charge in [-0.1, -0.05) is 121 Å². The van der Waals surface area contributed by atoms with Crippen molar-refractivity contribution in [3.8, 4) is 44.5 Å². The van der Waals surface area contributed by atoms with Crippen molar-refractivity contribution < 1.29 is 51.9 Å². The number of aromatic nitrogens is 4. The van der Waals surface area contributed by atoms with Gasteiger partial charge in [0.05, 0.1) is 22.8 Å². The van der Waals surface area contributed by atoms with E-state index in [1.807, 2.05) is 0 Å². The van der Waals surface area contributed by atoms with E-state index in [0.717, 1.165) is 0 Å². The third-order valence-electron chi connectivity index (χ3n) is 14.4. The Morgan fingerprint density at radius 2 is 0.475 bits per heavy atom. The molecule has 0 radical (unpaired) electrons. The highest BCUT2D eigenvalue weighted by Crippen LogP contribution is 2.47. The molecule has 13 rings (SSSR count). The monoisotopic (exact) mass is 1130 g/mol. The van der Waals surface area contributed by atoms with E-state index in [1.54, 1.807) is 170 Å². The molecule has 0 amide bonds. The molecule has 0 fully saturated rings. The molecule has 394 valence electrons. The molecule has 6 N–H and O–H groups in total. The third-order valence-corrected chi connectivity index (χ3v) is 18.0. The van der Waals surface area contributed by atoms with Crippen molar-refractivity contribution in [2.75, 3.05) is 0 Å². The Bertz CT molecular complexity index is 4670. The topological polar surface area (TPSA) is 275 Å². The maximum Gasteiger partial charge on any atom is 0.295 e. The van der Waals surface area contributed by atoms with Gasteiger partial charge in [-0.2, -0.15) is 33.7 Å². The maximum absolute atomic E-state index is 13.7. The molecule has 20 heteroatoms. The van der Waals surface area contributed by atoms with Gasteiger partial charge in [0.25, 0.3) is 40.5 Å². The van der Waals surface area contributed by atoms with Crippen LogP contribution in [0.5, 0.6) is 0 Å². The standard InChI is InChI=1S/C60H38N4O12S4/c65-77(66,67)49-29-17-33-9-1-5-13-37(33)53(49)57-41-21-23-43(61-41)58(54-38-14-6-2-10-34(38)18-30-50(54)78(68,69)70)45-25-27-47(63-45)60(56-40-16-8-4-12-36(40)20-32-52(56)80(74,75)76)48-28-26-46(64-48)59(44-24-22-42(57)62-44)55-39-15-7-3-11-35(39)19-31-51(55)79(71,72)73/h1-32,61,64H,(H,65,66,67)(H,68,69,70)(H,71,72,73)(H,74,75,76). The first-order valence-corrected chi connectivity index (χ1v) is 30.1. The van der Waals surface area contributed by atoms with Crippen LogP contribution >= 0.6 is 0 Å². The molecule has 16 nitrogen and oxygen atoms in total. The van der Waals surface area contributed by atoms with Crippen LogP contribution in [0.15, 0.2) is 189 Å². The molecule has 5 heterocycles. The van der Waals surface area contributed by atoms with Crippen LogP contribution < -0.4 is 0 Å². The number of fused-ring (bicyclic) bond motifs is 12. The summed E-state index contributed by atoms with van der Waals surface area (Å²) in [4.78, 5) is 15.2. The normalized spacial score (nSPS) is 13.1. The van der Waals surface area contributed by atoms with E-state index in [1.165, 1.54) is 24.3 Å². The van der Waals surface area contributed by atoms with E-state index in [-0.39, 0.29) is 89.4 Å². The second kappa shape index (κ2) is 18.3. The summed E-state index contributed by atoms with van der Waals surface area (Å²) >= 11 is 0. The molecule has 0 aliphatic carbocycles. The average Bonchev–Trinajstić information content (AvgIpc) is 4.41. The number of nitrogens with one attached hydrogen (secondary N) is 2. The van der Waals surface area contributed by atoms with Crippen LogP contribution in [0, 0.1) is 0 Å². The fourth-order valence-corrected chi connectivity index (χ4v) is 14.0. The molecule has 0 saturated heterocycles. The van der Waals surface area contributed by atoms with Crippen molar-refractivity contribution in [2.45, 2.75) is 19.6 Å². The second-order valence-electron chi connectivity index (χ2n) is 19.0. The van der Waals surface area contributed by atoms with Crippen molar-refractivity contribution in [1.29, 1.82) is 0 Å². The van der Waals surface area contributed by atoms with E-state index >= 15 is 0 Å². The van der Waals surface area contributed by atoms with Gasteiger partial charge < -0.3 is 9.97 Å². The lowest BCUT2D eigenvalue weighted by Gasteiger charge is -2.15. The number of hydrogen-bond acceptors (Lipinski definition) is 10. The minimum atomic E-state index is -5.04. The molecule has 11 aromatic rings. The van der Waals surface area contributed by atoms with Gasteiger partial charge in [0, 0.05) is 66.6 Å². The summed E-state index contributed by atoms with van der Waals surface area (Å²) in [6, 6.07) is 45.1. The minimum Gasteiger partial charge on any atom is -0.354 e.